The maximum absolute atomic E-state index is 5.67. The van der Waals surface area contributed by atoms with Crippen molar-refractivity contribution in [2.45, 2.75) is 19.9 Å². The molecule has 0 aliphatic heterocycles. The molecule has 0 radical (unpaired) electrons. The number of aryl methyl sites for hydroxylation is 1. The summed E-state index contributed by atoms with van der Waals surface area (Å²) in [5.74, 6) is 0.740. The van der Waals surface area contributed by atoms with E-state index in [2.05, 4.69) is 23.1 Å². The maximum Gasteiger partial charge on any atom is 0.0534 e. The molecule has 0 spiro atoms. The van der Waals surface area contributed by atoms with Crippen molar-refractivity contribution in [3.8, 4) is 0 Å². The molecule has 0 saturated carbocycles. The first-order valence-electron chi connectivity index (χ1n) is 5.02. The normalized spacial score (nSPS) is 11.1. The van der Waals surface area contributed by atoms with Gasteiger partial charge in [-0.15, -0.1) is 11.6 Å². The number of aromatic nitrogens is 2. The highest BCUT2D eigenvalue weighted by Gasteiger charge is 2.04. The molecule has 1 rings (SSSR count). The van der Waals surface area contributed by atoms with Crippen molar-refractivity contribution in [3.63, 3.8) is 0 Å². The van der Waals surface area contributed by atoms with E-state index in [1.54, 1.807) is 0 Å². The first-order chi connectivity index (χ1) is 6.76. The van der Waals surface area contributed by atoms with Gasteiger partial charge in [-0.05, 0) is 19.5 Å². The molecule has 0 aliphatic carbocycles. The van der Waals surface area contributed by atoms with Crippen LogP contribution < -0.4 is 0 Å². The van der Waals surface area contributed by atoms with Crippen LogP contribution in [-0.2, 0) is 13.6 Å². The van der Waals surface area contributed by atoms with E-state index in [9.17, 15) is 0 Å². The summed E-state index contributed by atoms with van der Waals surface area (Å²) >= 11 is 5.67. The van der Waals surface area contributed by atoms with Crippen LogP contribution in [0.3, 0.4) is 0 Å². The molecule has 0 saturated heterocycles. The fraction of sp³-hybridized carbons (Fsp3) is 0.700. The Bertz CT molecular complexity index is 260. The Hall–Kier alpha value is -0.540. The quantitative estimate of drug-likeness (QED) is 0.676. The van der Waals surface area contributed by atoms with Gasteiger partial charge in [0, 0.05) is 31.2 Å². The molecule has 0 fully saturated rings. The summed E-state index contributed by atoms with van der Waals surface area (Å²) in [6.45, 7) is 5.27. The lowest BCUT2D eigenvalue weighted by molar-refractivity contribution is 0.281. The molecule has 4 heteroatoms. The third-order valence-electron chi connectivity index (χ3n) is 2.22. The van der Waals surface area contributed by atoms with Crippen molar-refractivity contribution < 1.29 is 0 Å². The summed E-state index contributed by atoms with van der Waals surface area (Å²) in [5, 5.41) is 4.15. The van der Waals surface area contributed by atoms with Crippen molar-refractivity contribution in [1.82, 2.24) is 14.7 Å². The van der Waals surface area contributed by atoms with Crippen molar-refractivity contribution in [1.29, 1.82) is 0 Å². The zero-order valence-electron chi connectivity index (χ0n) is 8.91. The van der Waals surface area contributed by atoms with Gasteiger partial charge in [0.15, 0.2) is 0 Å². The second kappa shape index (κ2) is 6.04. The molecular formula is C10H18ClN3. The highest BCUT2D eigenvalue weighted by molar-refractivity contribution is 6.17. The van der Waals surface area contributed by atoms with Crippen molar-refractivity contribution in [2.75, 3.05) is 19.0 Å². The molecule has 1 aromatic heterocycles. The van der Waals surface area contributed by atoms with Gasteiger partial charge >= 0.3 is 0 Å². The number of rotatable bonds is 6. The molecule has 14 heavy (non-hydrogen) atoms. The number of hydrogen-bond acceptors (Lipinski definition) is 2. The van der Waals surface area contributed by atoms with Crippen LogP contribution in [0.1, 0.15) is 18.9 Å². The molecule has 0 unspecified atom stereocenters. The molecular weight excluding hydrogens is 198 g/mol. The SMILES string of the molecule is CCN(CCCCl)Cc1cnn(C)c1. The van der Waals surface area contributed by atoms with Crippen LogP contribution >= 0.6 is 11.6 Å². The van der Waals surface area contributed by atoms with E-state index in [1.165, 1.54) is 5.56 Å². The van der Waals surface area contributed by atoms with Gasteiger partial charge in [0.25, 0.3) is 0 Å². The lowest BCUT2D eigenvalue weighted by Gasteiger charge is -2.18. The van der Waals surface area contributed by atoms with Gasteiger partial charge in [0.2, 0.25) is 0 Å². The van der Waals surface area contributed by atoms with Gasteiger partial charge in [-0.25, -0.2) is 0 Å². The molecule has 0 atom stereocenters. The first kappa shape index (κ1) is 11.5. The minimum absolute atomic E-state index is 0.740. The Morgan fingerprint density at radius 3 is 2.86 bits per heavy atom. The second-order valence-corrected chi connectivity index (χ2v) is 3.81. The number of halogens is 1. The van der Waals surface area contributed by atoms with E-state index in [0.717, 1.165) is 31.9 Å². The van der Waals surface area contributed by atoms with Gasteiger partial charge in [-0.1, -0.05) is 6.92 Å². The Morgan fingerprint density at radius 2 is 2.36 bits per heavy atom. The smallest absolute Gasteiger partial charge is 0.0534 e. The van der Waals surface area contributed by atoms with Gasteiger partial charge < -0.3 is 0 Å². The van der Waals surface area contributed by atoms with Gasteiger partial charge in [-0.3, -0.25) is 9.58 Å². The van der Waals surface area contributed by atoms with Crippen LogP contribution in [0.5, 0.6) is 0 Å². The van der Waals surface area contributed by atoms with Gasteiger partial charge in [-0.2, -0.15) is 5.10 Å². The number of nitrogens with zero attached hydrogens (tertiary/aromatic N) is 3. The zero-order chi connectivity index (χ0) is 10.4. The summed E-state index contributed by atoms with van der Waals surface area (Å²) in [6.07, 6.45) is 5.03. The number of alkyl halides is 1. The average molecular weight is 216 g/mol. The topological polar surface area (TPSA) is 21.1 Å². The average Bonchev–Trinajstić information content (AvgIpc) is 2.58. The fourth-order valence-electron chi connectivity index (χ4n) is 1.44. The Labute approximate surface area is 90.7 Å². The molecule has 0 N–H and O–H groups in total. The summed E-state index contributed by atoms with van der Waals surface area (Å²) in [4.78, 5) is 2.37. The van der Waals surface area contributed by atoms with Crippen LogP contribution in [0.25, 0.3) is 0 Å². The molecule has 1 aromatic rings. The molecule has 0 bridgehead atoms. The summed E-state index contributed by atoms with van der Waals surface area (Å²) in [5.41, 5.74) is 1.27. The molecule has 1 heterocycles. The Morgan fingerprint density at radius 1 is 1.57 bits per heavy atom. The second-order valence-electron chi connectivity index (χ2n) is 3.43. The lowest BCUT2D eigenvalue weighted by Crippen LogP contribution is -2.24. The van der Waals surface area contributed by atoms with E-state index in [0.29, 0.717) is 0 Å². The van der Waals surface area contributed by atoms with Crippen molar-refractivity contribution >= 4 is 11.6 Å². The zero-order valence-corrected chi connectivity index (χ0v) is 9.67. The van der Waals surface area contributed by atoms with Crippen LogP contribution in [0.2, 0.25) is 0 Å². The predicted octanol–water partition coefficient (Wildman–Crippen LogP) is 1.87. The fourth-order valence-corrected chi connectivity index (χ4v) is 1.56. The van der Waals surface area contributed by atoms with Gasteiger partial charge in [0.05, 0.1) is 6.20 Å². The predicted molar refractivity (Wildman–Crippen MR) is 59.5 cm³/mol. The highest BCUT2D eigenvalue weighted by Crippen LogP contribution is 2.03. The maximum atomic E-state index is 5.67. The molecule has 80 valence electrons. The largest absolute Gasteiger partial charge is 0.299 e. The van der Waals surface area contributed by atoms with Crippen LogP contribution in [0.4, 0.5) is 0 Å². The molecule has 3 nitrogen and oxygen atoms in total. The van der Waals surface area contributed by atoms with E-state index in [4.69, 9.17) is 11.6 Å². The van der Waals surface area contributed by atoms with Crippen molar-refractivity contribution in [2.24, 2.45) is 7.05 Å². The van der Waals surface area contributed by atoms with Crippen molar-refractivity contribution in [3.05, 3.63) is 18.0 Å². The summed E-state index contributed by atoms with van der Waals surface area (Å²) in [7, 11) is 1.94. The highest BCUT2D eigenvalue weighted by atomic mass is 35.5. The van der Waals surface area contributed by atoms with Crippen LogP contribution in [0.15, 0.2) is 12.4 Å². The van der Waals surface area contributed by atoms with E-state index < -0.39 is 0 Å². The monoisotopic (exact) mass is 215 g/mol. The van der Waals surface area contributed by atoms with E-state index in [-0.39, 0.29) is 0 Å². The number of hydrogen-bond donors (Lipinski definition) is 0. The minimum atomic E-state index is 0.740. The minimum Gasteiger partial charge on any atom is -0.299 e. The lowest BCUT2D eigenvalue weighted by atomic mass is 10.3. The van der Waals surface area contributed by atoms with Crippen LogP contribution in [0, 0.1) is 0 Å². The molecule has 0 aromatic carbocycles. The van der Waals surface area contributed by atoms with E-state index in [1.807, 2.05) is 17.9 Å². The van der Waals surface area contributed by atoms with E-state index >= 15 is 0 Å². The Kier molecular flexibility index (Phi) is 4.98. The Balaban J connectivity index is 2.40. The van der Waals surface area contributed by atoms with Crippen LogP contribution in [-0.4, -0.2) is 33.6 Å². The third-order valence-corrected chi connectivity index (χ3v) is 2.49. The standard InChI is InChI=1S/C10H18ClN3/c1-3-14(6-4-5-11)9-10-7-12-13(2)8-10/h7-8H,3-6,9H2,1-2H3. The third kappa shape index (κ3) is 3.68. The summed E-state index contributed by atoms with van der Waals surface area (Å²) < 4.78 is 1.84. The summed E-state index contributed by atoms with van der Waals surface area (Å²) in [6, 6.07) is 0. The first-order valence-corrected chi connectivity index (χ1v) is 5.55. The molecule has 0 amide bonds. The van der Waals surface area contributed by atoms with Gasteiger partial charge in [0.1, 0.15) is 0 Å². The molecule has 0 aliphatic rings.